The van der Waals surface area contributed by atoms with Gasteiger partial charge in [-0.3, -0.25) is 4.79 Å². The van der Waals surface area contributed by atoms with E-state index in [1.165, 1.54) is 7.11 Å². The molecule has 33 heavy (non-hydrogen) atoms. The highest BCUT2D eigenvalue weighted by Crippen LogP contribution is 2.47. The smallest absolute Gasteiger partial charge is 0.338 e. The van der Waals surface area contributed by atoms with Crippen molar-refractivity contribution in [1.29, 1.82) is 0 Å². The van der Waals surface area contributed by atoms with Crippen LogP contribution in [0.15, 0.2) is 30.3 Å². The van der Waals surface area contributed by atoms with Gasteiger partial charge in [0.2, 0.25) is 5.75 Å². The van der Waals surface area contributed by atoms with Crippen LogP contribution in [0.2, 0.25) is 0 Å². The fraction of sp³-hybridized carbons (Fsp3) is 0.462. The number of cyclic esters (lactones) is 1. The highest BCUT2D eigenvalue weighted by Gasteiger charge is 2.35. The predicted octanol–water partition coefficient (Wildman–Crippen LogP) is 4.93. The summed E-state index contributed by atoms with van der Waals surface area (Å²) in [7, 11) is 3.09. The molecule has 2 aliphatic rings. The average Bonchev–Trinajstić information content (AvgIpc) is 3.46. The SMILES string of the molecule is COc1ccc(-c2cccc3c2COC3=O)c(OCC(C)(C)C(=O)OC2CCCC2)c1OC. The van der Waals surface area contributed by atoms with E-state index in [9.17, 15) is 9.59 Å². The second-order valence-corrected chi connectivity index (χ2v) is 9.07. The van der Waals surface area contributed by atoms with Crippen LogP contribution in [0.25, 0.3) is 11.1 Å². The van der Waals surface area contributed by atoms with Crippen molar-refractivity contribution in [3.63, 3.8) is 0 Å². The van der Waals surface area contributed by atoms with Crippen molar-refractivity contribution < 1.29 is 33.3 Å². The van der Waals surface area contributed by atoms with E-state index in [1.54, 1.807) is 19.2 Å². The van der Waals surface area contributed by atoms with Crippen LogP contribution >= 0.6 is 0 Å². The molecule has 2 aromatic rings. The Hall–Kier alpha value is -3.22. The molecule has 176 valence electrons. The van der Waals surface area contributed by atoms with Gasteiger partial charge in [0, 0.05) is 11.1 Å². The molecule has 1 aliphatic heterocycles. The van der Waals surface area contributed by atoms with Crippen molar-refractivity contribution in [2.45, 2.75) is 52.2 Å². The molecule has 1 saturated carbocycles. The van der Waals surface area contributed by atoms with Crippen LogP contribution in [0.1, 0.15) is 55.5 Å². The second-order valence-electron chi connectivity index (χ2n) is 9.07. The quantitative estimate of drug-likeness (QED) is 0.523. The number of hydrogen-bond acceptors (Lipinski definition) is 7. The zero-order chi connectivity index (χ0) is 23.6. The summed E-state index contributed by atoms with van der Waals surface area (Å²) >= 11 is 0. The zero-order valence-electron chi connectivity index (χ0n) is 19.6. The van der Waals surface area contributed by atoms with Gasteiger partial charge in [-0.1, -0.05) is 12.1 Å². The summed E-state index contributed by atoms with van der Waals surface area (Å²) in [6.07, 6.45) is 4.00. The van der Waals surface area contributed by atoms with Crippen LogP contribution in [0.5, 0.6) is 17.2 Å². The monoisotopic (exact) mass is 454 g/mol. The third-order valence-electron chi connectivity index (χ3n) is 6.24. The number of carbonyl (C=O) groups is 2. The fourth-order valence-electron chi connectivity index (χ4n) is 4.28. The molecule has 7 heteroatoms. The maximum absolute atomic E-state index is 12.9. The minimum absolute atomic E-state index is 0.0110. The molecule has 1 heterocycles. The van der Waals surface area contributed by atoms with Crippen LogP contribution < -0.4 is 14.2 Å². The Bertz CT molecular complexity index is 1050. The van der Waals surface area contributed by atoms with E-state index in [-0.39, 0.29) is 31.3 Å². The number of ether oxygens (including phenoxy) is 5. The maximum Gasteiger partial charge on any atom is 0.338 e. The molecule has 1 aliphatic carbocycles. The van der Waals surface area contributed by atoms with Crippen molar-refractivity contribution >= 4 is 11.9 Å². The van der Waals surface area contributed by atoms with E-state index >= 15 is 0 Å². The van der Waals surface area contributed by atoms with Gasteiger partial charge in [-0.25, -0.2) is 4.79 Å². The number of fused-ring (bicyclic) bond motifs is 1. The summed E-state index contributed by atoms with van der Waals surface area (Å²) in [4.78, 5) is 24.9. The molecule has 0 unspecified atom stereocenters. The number of hydrogen-bond donors (Lipinski definition) is 0. The lowest BCUT2D eigenvalue weighted by molar-refractivity contribution is -0.161. The molecule has 0 amide bonds. The maximum atomic E-state index is 12.9. The summed E-state index contributed by atoms with van der Waals surface area (Å²) in [6, 6.07) is 9.12. The van der Waals surface area contributed by atoms with Crippen LogP contribution in [-0.2, 0) is 20.9 Å². The molecular formula is C26H30O7. The molecule has 0 bridgehead atoms. The standard InChI is InChI=1S/C26H30O7/c1-26(2,25(28)33-16-8-5-6-9-16)15-32-22-18(12-13-21(29-3)23(22)30-4)17-10-7-11-19-20(17)14-31-24(19)27/h7,10-13,16H,5-6,8-9,14-15H2,1-4H3. The normalized spacial score (nSPS) is 15.7. The summed E-state index contributed by atoms with van der Waals surface area (Å²) in [5.74, 6) is 0.731. The van der Waals surface area contributed by atoms with Gasteiger partial charge >= 0.3 is 11.9 Å². The Morgan fingerprint density at radius 3 is 2.42 bits per heavy atom. The lowest BCUT2D eigenvalue weighted by atomic mass is 9.94. The Morgan fingerprint density at radius 2 is 1.73 bits per heavy atom. The lowest BCUT2D eigenvalue weighted by Gasteiger charge is -2.26. The summed E-state index contributed by atoms with van der Waals surface area (Å²) in [5, 5.41) is 0. The Labute approximate surface area is 193 Å². The Balaban J connectivity index is 1.67. The number of carbonyl (C=O) groups excluding carboxylic acids is 2. The number of benzene rings is 2. The van der Waals surface area contributed by atoms with E-state index in [4.69, 9.17) is 23.7 Å². The first-order valence-electron chi connectivity index (χ1n) is 11.2. The molecular weight excluding hydrogens is 424 g/mol. The third kappa shape index (κ3) is 4.49. The molecule has 0 atom stereocenters. The summed E-state index contributed by atoms with van der Waals surface area (Å²) in [6.45, 7) is 3.89. The number of methoxy groups -OCH3 is 2. The Kier molecular flexibility index (Phi) is 6.49. The van der Waals surface area contributed by atoms with Crippen molar-refractivity contribution in [2.75, 3.05) is 20.8 Å². The molecule has 2 aromatic carbocycles. The minimum Gasteiger partial charge on any atom is -0.493 e. The third-order valence-corrected chi connectivity index (χ3v) is 6.24. The van der Waals surface area contributed by atoms with Gasteiger partial charge in [-0.05, 0) is 63.3 Å². The summed E-state index contributed by atoms with van der Waals surface area (Å²) < 4.78 is 28.3. The van der Waals surface area contributed by atoms with Gasteiger partial charge in [0.05, 0.1) is 25.2 Å². The minimum atomic E-state index is -0.869. The molecule has 0 saturated heterocycles. The van der Waals surface area contributed by atoms with E-state index in [2.05, 4.69) is 0 Å². The molecule has 1 fully saturated rings. The van der Waals surface area contributed by atoms with Gasteiger partial charge in [-0.15, -0.1) is 0 Å². The van der Waals surface area contributed by atoms with Crippen LogP contribution in [-0.4, -0.2) is 38.9 Å². The second kappa shape index (κ2) is 9.33. The zero-order valence-corrected chi connectivity index (χ0v) is 19.6. The lowest BCUT2D eigenvalue weighted by Crippen LogP contribution is -2.35. The molecule has 0 N–H and O–H groups in total. The molecule has 0 spiro atoms. The number of esters is 2. The average molecular weight is 455 g/mol. The van der Waals surface area contributed by atoms with E-state index in [1.807, 2.05) is 32.0 Å². The fourth-order valence-corrected chi connectivity index (χ4v) is 4.28. The summed E-state index contributed by atoms with van der Waals surface area (Å²) in [5.41, 5.74) is 1.99. The topological polar surface area (TPSA) is 80.3 Å². The first-order valence-corrected chi connectivity index (χ1v) is 11.2. The van der Waals surface area contributed by atoms with Crippen LogP contribution in [0, 0.1) is 5.41 Å². The van der Waals surface area contributed by atoms with Crippen molar-refractivity contribution in [2.24, 2.45) is 5.41 Å². The van der Waals surface area contributed by atoms with Crippen molar-refractivity contribution in [3.05, 3.63) is 41.5 Å². The van der Waals surface area contributed by atoms with E-state index < -0.39 is 5.41 Å². The van der Waals surface area contributed by atoms with Gasteiger partial charge in [0.25, 0.3) is 0 Å². The largest absolute Gasteiger partial charge is 0.493 e. The van der Waals surface area contributed by atoms with Gasteiger partial charge in [0.15, 0.2) is 11.5 Å². The first kappa shape index (κ1) is 23.0. The van der Waals surface area contributed by atoms with Crippen LogP contribution in [0.3, 0.4) is 0 Å². The Morgan fingerprint density at radius 1 is 1.00 bits per heavy atom. The van der Waals surface area contributed by atoms with Crippen molar-refractivity contribution in [1.82, 2.24) is 0 Å². The number of rotatable bonds is 8. The highest BCUT2D eigenvalue weighted by molar-refractivity contribution is 5.96. The molecule has 4 rings (SSSR count). The van der Waals surface area contributed by atoms with E-state index in [0.29, 0.717) is 22.8 Å². The first-order chi connectivity index (χ1) is 15.9. The van der Waals surface area contributed by atoms with Gasteiger partial charge in [-0.2, -0.15) is 0 Å². The van der Waals surface area contributed by atoms with Crippen LogP contribution in [0.4, 0.5) is 0 Å². The van der Waals surface area contributed by atoms with Gasteiger partial charge in [0.1, 0.15) is 19.3 Å². The van der Waals surface area contributed by atoms with Crippen molar-refractivity contribution in [3.8, 4) is 28.4 Å². The molecule has 0 radical (unpaired) electrons. The molecule has 7 nitrogen and oxygen atoms in total. The molecule has 0 aromatic heterocycles. The van der Waals surface area contributed by atoms with Gasteiger partial charge < -0.3 is 23.7 Å². The highest BCUT2D eigenvalue weighted by atomic mass is 16.6. The van der Waals surface area contributed by atoms with E-state index in [0.717, 1.165) is 42.4 Å². The predicted molar refractivity (Wildman–Crippen MR) is 122 cm³/mol.